The number of hydrogen-bond donors (Lipinski definition) is 2. The summed E-state index contributed by atoms with van der Waals surface area (Å²) >= 11 is 5.93. The minimum atomic E-state index is -0.226. The van der Waals surface area contributed by atoms with Gasteiger partial charge in [0.05, 0.1) is 5.69 Å². The normalized spacial score (nSPS) is 12.8. The molecule has 1 aliphatic heterocycles. The third-order valence-electron chi connectivity index (χ3n) is 3.46. The smallest absolute Gasteiger partial charge is 0.262 e. The molecule has 3 rings (SSSR count). The predicted molar refractivity (Wildman–Crippen MR) is 88.1 cm³/mol. The molecular weight excluding hydrogens is 316 g/mol. The average Bonchev–Trinajstić information content (AvgIpc) is 2.54. The van der Waals surface area contributed by atoms with Crippen molar-refractivity contribution in [1.29, 1.82) is 0 Å². The molecule has 0 aliphatic carbocycles. The SMILES string of the molecule is O=C1COc2ccc(C(=O)NCCc3cccc(Cl)c3)cc2N1. The molecule has 118 valence electrons. The minimum Gasteiger partial charge on any atom is -0.482 e. The largest absolute Gasteiger partial charge is 0.482 e. The van der Waals surface area contributed by atoms with Crippen LogP contribution in [0.5, 0.6) is 5.75 Å². The lowest BCUT2D eigenvalue weighted by molar-refractivity contribution is -0.118. The van der Waals surface area contributed by atoms with Crippen molar-refractivity contribution in [3.05, 3.63) is 58.6 Å². The first kappa shape index (κ1) is 15.4. The van der Waals surface area contributed by atoms with E-state index < -0.39 is 0 Å². The van der Waals surface area contributed by atoms with Crippen molar-refractivity contribution >= 4 is 29.1 Å². The van der Waals surface area contributed by atoms with Crippen LogP contribution in [0, 0.1) is 0 Å². The van der Waals surface area contributed by atoms with Crippen LogP contribution >= 0.6 is 11.6 Å². The molecule has 0 radical (unpaired) electrons. The van der Waals surface area contributed by atoms with E-state index in [2.05, 4.69) is 10.6 Å². The monoisotopic (exact) mass is 330 g/mol. The van der Waals surface area contributed by atoms with E-state index in [1.165, 1.54) is 0 Å². The third kappa shape index (κ3) is 3.81. The van der Waals surface area contributed by atoms with Gasteiger partial charge in [-0.25, -0.2) is 0 Å². The summed E-state index contributed by atoms with van der Waals surface area (Å²) in [5, 5.41) is 6.21. The van der Waals surface area contributed by atoms with Crippen LogP contribution in [0.3, 0.4) is 0 Å². The quantitative estimate of drug-likeness (QED) is 0.905. The number of rotatable bonds is 4. The molecule has 23 heavy (non-hydrogen) atoms. The van der Waals surface area contributed by atoms with Gasteiger partial charge < -0.3 is 15.4 Å². The van der Waals surface area contributed by atoms with E-state index in [0.717, 1.165) is 5.56 Å². The van der Waals surface area contributed by atoms with E-state index in [-0.39, 0.29) is 18.4 Å². The van der Waals surface area contributed by atoms with Crippen LogP contribution in [0.1, 0.15) is 15.9 Å². The Labute approximate surface area is 138 Å². The van der Waals surface area contributed by atoms with Crippen molar-refractivity contribution in [2.24, 2.45) is 0 Å². The molecule has 2 N–H and O–H groups in total. The first-order valence-corrected chi connectivity index (χ1v) is 7.59. The van der Waals surface area contributed by atoms with Crippen molar-refractivity contribution < 1.29 is 14.3 Å². The highest BCUT2D eigenvalue weighted by Gasteiger charge is 2.17. The van der Waals surface area contributed by atoms with Crippen LogP contribution in [0.15, 0.2) is 42.5 Å². The van der Waals surface area contributed by atoms with Gasteiger partial charge in [0.25, 0.3) is 11.8 Å². The fraction of sp³-hybridized carbons (Fsp3) is 0.176. The number of nitrogens with one attached hydrogen (secondary N) is 2. The highest BCUT2D eigenvalue weighted by atomic mass is 35.5. The summed E-state index contributed by atoms with van der Waals surface area (Å²) in [6, 6.07) is 12.5. The zero-order valence-electron chi connectivity index (χ0n) is 12.3. The number of anilines is 1. The second kappa shape index (κ2) is 6.71. The molecule has 2 aromatic rings. The molecule has 0 aromatic heterocycles. The van der Waals surface area contributed by atoms with Gasteiger partial charge in [0.2, 0.25) is 0 Å². The standard InChI is InChI=1S/C17H15ClN2O3/c18-13-3-1-2-11(8-13)6-7-19-17(22)12-4-5-15-14(9-12)20-16(21)10-23-15/h1-5,8-9H,6-7,10H2,(H,19,22)(H,20,21). The predicted octanol–water partition coefficient (Wildman–Crippen LogP) is 2.64. The van der Waals surface area contributed by atoms with Gasteiger partial charge in [-0.3, -0.25) is 9.59 Å². The third-order valence-corrected chi connectivity index (χ3v) is 3.70. The number of carbonyl (C=O) groups excluding carboxylic acids is 2. The van der Waals surface area contributed by atoms with Gasteiger partial charge in [0.1, 0.15) is 5.75 Å². The maximum absolute atomic E-state index is 12.2. The highest BCUT2D eigenvalue weighted by Crippen LogP contribution is 2.28. The van der Waals surface area contributed by atoms with Gasteiger partial charge in [-0.05, 0) is 42.3 Å². The Bertz CT molecular complexity index is 761. The van der Waals surface area contributed by atoms with Crippen molar-refractivity contribution in [3.8, 4) is 5.75 Å². The van der Waals surface area contributed by atoms with Crippen molar-refractivity contribution in [2.45, 2.75) is 6.42 Å². The van der Waals surface area contributed by atoms with Crippen LogP contribution in [0.25, 0.3) is 0 Å². The lowest BCUT2D eigenvalue weighted by Gasteiger charge is -2.18. The van der Waals surface area contributed by atoms with Crippen LogP contribution in [-0.4, -0.2) is 25.0 Å². The Kier molecular flexibility index (Phi) is 4.48. The van der Waals surface area contributed by atoms with Gasteiger partial charge in [-0.15, -0.1) is 0 Å². The number of fused-ring (bicyclic) bond motifs is 1. The van der Waals surface area contributed by atoms with Gasteiger partial charge in [-0.2, -0.15) is 0 Å². The molecule has 2 aromatic carbocycles. The minimum absolute atomic E-state index is 0.00181. The fourth-order valence-electron chi connectivity index (χ4n) is 2.34. The number of carbonyl (C=O) groups is 2. The summed E-state index contributed by atoms with van der Waals surface area (Å²) < 4.78 is 5.26. The van der Waals surface area contributed by atoms with E-state index in [1.54, 1.807) is 18.2 Å². The maximum Gasteiger partial charge on any atom is 0.262 e. The second-order valence-electron chi connectivity index (χ2n) is 5.18. The van der Waals surface area contributed by atoms with E-state index in [9.17, 15) is 9.59 Å². The molecule has 0 atom stereocenters. The zero-order chi connectivity index (χ0) is 16.2. The lowest BCUT2D eigenvalue weighted by Crippen LogP contribution is -2.28. The molecule has 1 heterocycles. The van der Waals surface area contributed by atoms with Crippen LogP contribution < -0.4 is 15.4 Å². The Balaban J connectivity index is 1.60. The Morgan fingerprint density at radius 2 is 2.13 bits per heavy atom. The Hall–Kier alpha value is -2.53. The summed E-state index contributed by atoms with van der Waals surface area (Å²) in [5.74, 6) is 0.144. The summed E-state index contributed by atoms with van der Waals surface area (Å²) in [7, 11) is 0. The van der Waals surface area contributed by atoms with E-state index in [1.807, 2.05) is 24.3 Å². The van der Waals surface area contributed by atoms with E-state index >= 15 is 0 Å². The Morgan fingerprint density at radius 3 is 2.96 bits per heavy atom. The fourth-order valence-corrected chi connectivity index (χ4v) is 2.55. The van der Waals surface area contributed by atoms with Gasteiger partial charge in [0.15, 0.2) is 6.61 Å². The summed E-state index contributed by atoms with van der Waals surface area (Å²) in [4.78, 5) is 23.5. The first-order chi connectivity index (χ1) is 11.1. The topological polar surface area (TPSA) is 67.4 Å². The Morgan fingerprint density at radius 1 is 1.26 bits per heavy atom. The molecule has 0 unspecified atom stereocenters. The summed E-state index contributed by atoms with van der Waals surface area (Å²) in [6.07, 6.45) is 0.692. The number of halogens is 1. The van der Waals surface area contributed by atoms with Gasteiger partial charge in [0, 0.05) is 17.1 Å². The molecule has 1 aliphatic rings. The maximum atomic E-state index is 12.2. The van der Waals surface area contributed by atoms with Crippen LogP contribution in [0.2, 0.25) is 5.02 Å². The molecule has 0 fully saturated rings. The van der Waals surface area contributed by atoms with Crippen LogP contribution in [0.4, 0.5) is 5.69 Å². The molecule has 0 saturated carbocycles. The van der Waals surface area contributed by atoms with E-state index in [0.29, 0.717) is 35.0 Å². The zero-order valence-corrected chi connectivity index (χ0v) is 13.0. The number of amides is 2. The van der Waals surface area contributed by atoms with Crippen molar-refractivity contribution in [2.75, 3.05) is 18.5 Å². The van der Waals surface area contributed by atoms with Gasteiger partial charge in [-0.1, -0.05) is 23.7 Å². The lowest BCUT2D eigenvalue weighted by atomic mass is 10.1. The van der Waals surface area contributed by atoms with Crippen molar-refractivity contribution in [1.82, 2.24) is 5.32 Å². The van der Waals surface area contributed by atoms with Crippen molar-refractivity contribution in [3.63, 3.8) is 0 Å². The number of hydrogen-bond acceptors (Lipinski definition) is 3. The molecule has 0 bridgehead atoms. The second-order valence-corrected chi connectivity index (χ2v) is 5.62. The highest BCUT2D eigenvalue weighted by molar-refractivity contribution is 6.30. The molecule has 0 saturated heterocycles. The number of benzene rings is 2. The van der Waals surface area contributed by atoms with Gasteiger partial charge >= 0.3 is 0 Å². The first-order valence-electron chi connectivity index (χ1n) is 7.21. The van der Waals surface area contributed by atoms with Crippen LogP contribution in [-0.2, 0) is 11.2 Å². The summed E-state index contributed by atoms with van der Waals surface area (Å²) in [6.45, 7) is 0.497. The molecule has 5 nitrogen and oxygen atoms in total. The average molecular weight is 331 g/mol. The molecule has 6 heteroatoms. The van der Waals surface area contributed by atoms with E-state index in [4.69, 9.17) is 16.3 Å². The molecule has 2 amide bonds. The molecular formula is C17H15ClN2O3. The number of ether oxygens (including phenoxy) is 1. The molecule has 0 spiro atoms. The summed E-state index contributed by atoms with van der Waals surface area (Å²) in [5.41, 5.74) is 2.05.